The summed E-state index contributed by atoms with van der Waals surface area (Å²) in [6.07, 6.45) is 8.85. The molecular weight excluding hydrogens is 318 g/mol. The van der Waals surface area contributed by atoms with E-state index in [-0.39, 0.29) is 6.04 Å². The highest BCUT2D eigenvalue weighted by molar-refractivity contribution is 5.93. The van der Waals surface area contributed by atoms with E-state index in [4.69, 9.17) is 0 Å². The second-order valence-corrected chi connectivity index (χ2v) is 6.92. The Morgan fingerprint density at radius 2 is 2.24 bits per heavy atom. The summed E-state index contributed by atoms with van der Waals surface area (Å²) in [5, 5.41) is 22.0. The summed E-state index contributed by atoms with van der Waals surface area (Å²) < 4.78 is 1.88. The molecule has 4 aromatic heterocycles. The zero-order valence-corrected chi connectivity index (χ0v) is 13.6. The van der Waals surface area contributed by atoms with E-state index in [1.54, 1.807) is 6.33 Å². The Balaban J connectivity index is 1.46. The molecule has 8 nitrogen and oxygen atoms in total. The lowest BCUT2D eigenvalue weighted by Crippen LogP contribution is -2.48. The maximum absolute atomic E-state index is 9.82. The Bertz CT molecular complexity index is 1070. The lowest BCUT2D eigenvalue weighted by Gasteiger charge is -2.41. The average Bonchev–Trinajstić information content (AvgIpc) is 3.18. The molecule has 1 saturated carbocycles. The Kier molecular flexibility index (Phi) is 2.87. The maximum atomic E-state index is 9.82. The van der Waals surface area contributed by atoms with Gasteiger partial charge in [-0.15, -0.1) is 10.2 Å². The average molecular weight is 335 g/mol. The molecule has 0 amide bonds. The van der Waals surface area contributed by atoms with E-state index in [0.29, 0.717) is 18.8 Å². The Hall–Kier alpha value is -3.00. The number of rotatable bonds is 3. The van der Waals surface area contributed by atoms with Crippen LogP contribution >= 0.6 is 0 Å². The molecule has 3 N–H and O–H groups in total. The van der Waals surface area contributed by atoms with Crippen LogP contribution in [-0.2, 0) is 0 Å². The molecule has 0 bridgehead atoms. The predicted octanol–water partition coefficient (Wildman–Crippen LogP) is 1.99. The third-order valence-corrected chi connectivity index (χ3v) is 4.74. The van der Waals surface area contributed by atoms with Gasteiger partial charge in [-0.3, -0.25) is 4.40 Å². The summed E-state index contributed by atoms with van der Waals surface area (Å²) >= 11 is 0. The predicted molar refractivity (Wildman–Crippen MR) is 93.1 cm³/mol. The van der Waals surface area contributed by atoms with Gasteiger partial charge in [0.05, 0.1) is 5.60 Å². The molecule has 126 valence electrons. The van der Waals surface area contributed by atoms with E-state index >= 15 is 0 Å². The molecular formula is C17H17N7O. The van der Waals surface area contributed by atoms with Gasteiger partial charge >= 0.3 is 0 Å². The van der Waals surface area contributed by atoms with Crippen LogP contribution in [0.3, 0.4) is 0 Å². The number of aromatic nitrogens is 6. The van der Waals surface area contributed by atoms with Crippen molar-refractivity contribution >= 4 is 22.6 Å². The number of nitrogens with one attached hydrogen (secondary N) is 2. The molecule has 1 aliphatic carbocycles. The summed E-state index contributed by atoms with van der Waals surface area (Å²) in [5.41, 5.74) is 3.09. The molecule has 1 fully saturated rings. The Labute approximate surface area is 143 Å². The zero-order valence-electron chi connectivity index (χ0n) is 13.6. The number of aromatic amines is 1. The Morgan fingerprint density at radius 3 is 3.08 bits per heavy atom. The van der Waals surface area contributed by atoms with E-state index in [9.17, 15) is 5.11 Å². The van der Waals surface area contributed by atoms with E-state index in [2.05, 4.69) is 30.5 Å². The first-order chi connectivity index (χ1) is 12.1. The van der Waals surface area contributed by atoms with Crippen molar-refractivity contribution < 1.29 is 5.11 Å². The highest BCUT2D eigenvalue weighted by Gasteiger charge is 2.38. The SMILES string of the molecule is C[C@]1(O)C[C@H](Nc2ncc3c(-c4ccc5nncn5c4)c[nH]c3n2)C1. The summed E-state index contributed by atoms with van der Waals surface area (Å²) in [6.45, 7) is 1.85. The molecule has 0 aromatic carbocycles. The minimum Gasteiger partial charge on any atom is -0.390 e. The normalized spacial score (nSPS) is 23.0. The van der Waals surface area contributed by atoms with Crippen molar-refractivity contribution in [3.8, 4) is 11.1 Å². The van der Waals surface area contributed by atoms with Gasteiger partial charge in [-0.2, -0.15) is 4.98 Å². The largest absolute Gasteiger partial charge is 0.390 e. The van der Waals surface area contributed by atoms with Gasteiger partial charge in [-0.05, 0) is 31.9 Å². The summed E-state index contributed by atoms with van der Waals surface area (Å²) in [5.74, 6) is 0.579. The number of hydrogen-bond acceptors (Lipinski definition) is 6. The van der Waals surface area contributed by atoms with Crippen molar-refractivity contribution in [2.24, 2.45) is 0 Å². The molecule has 0 aliphatic heterocycles. The van der Waals surface area contributed by atoms with Gasteiger partial charge in [0, 0.05) is 41.1 Å². The van der Waals surface area contributed by atoms with Crippen molar-refractivity contribution in [2.45, 2.75) is 31.4 Å². The quantitative estimate of drug-likeness (QED) is 0.529. The fraction of sp³-hybridized carbons (Fsp3) is 0.294. The van der Waals surface area contributed by atoms with Crippen LogP contribution in [0.25, 0.3) is 27.8 Å². The molecule has 4 heterocycles. The number of pyridine rings is 1. The van der Waals surface area contributed by atoms with Crippen molar-refractivity contribution in [2.75, 3.05) is 5.32 Å². The minimum atomic E-state index is -0.567. The van der Waals surface area contributed by atoms with Gasteiger partial charge in [-0.1, -0.05) is 0 Å². The van der Waals surface area contributed by atoms with Crippen LogP contribution in [0.1, 0.15) is 19.8 Å². The summed E-state index contributed by atoms with van der Waals surface area (Å²) in [7, 11) is 0. The van der Waals surface area contributed by atoms with Crippen molar-refractivity contribution in [3.63, 3.8) is 0 Å². The molecule has 25 heavy (non-hydrogen) atoms. The van der Waals surface area contributed by atoms with Gasteiger partial charge in [-0.25, -0.2) is 4.98 Å². The summed E-state index contributed by atoms with van der Waals surface area (Å²) in [6, 6.07) is 4.16. The van der Waals surface area contributed by atoms with Gasteiger partial charge in [0.25, 0.3) is 0 Å². The molecule has 4 aromatic rings. The van der Waals surface area contributed by atoms with Gasteiger partial charge in [0.1, 0.15) is 12.0 Å². The molecule has 0 radical (unpaired) electrons. The van der Waals surface area contributed by atoms with Crippen LogP contribution in [0.4, 0.5) is 5.95 Å². The fourth-order valence-corrected chi connectivity index (χ4v) is 3.49. The maximum Gasteiger partial charge on any atom is 0.224 e. The lowest BCUT2D eigenvalue weighted by atomic mass is 9.77. The topological polar surface area (TPSA) is 104 Å². The standard InChI is InChI=1S/C17H17N7O/c1-17(25)4-11(5-17)21-16-19-7-13-12(6-18-15(13)22-16)10-2-3-14-23-20-9-24(14)8-10/h2-3,6-9,11,25H,4-5H2,1H3,(H2,18,19,21,22)/t11-,17-. The van der Waals surface area contributed by atoms with E-state index < -0.39 is 5.60 Å². The number of aliphatic hydroxyl groups is 1. The monoisotopic (exact) mass is 335 g/mol. The molecule has 5 rings (SSSR count). The van der Waals surface area contributed by atoms with Crippen LogP contribution in [0.5, 0.6) is 0 Å². The first-order valence-corrected chi connectivity index (χ1v) is 8.20. The highest BCUT2D eigenvalue weighted by Crippen LogP contribution is 2.33. The second kappa shape index (κ2) is 5.00. The molecule has 0 saturated heterocycles. The van der Waals surface area contributed by atoms with Crippen LogP contribution in [0, 0.1) is 0 Å². The number of H-pyrrole nitrogens is 1. The minimum absolute atomic E-state index is 0.220. The molecule has 1 aliphatic rings. The van der Waals surface area contributed by atoms with Crippen LogP contribution in [0.2, 0.25) is 0 Å². The number of fused-ring (bicyclic) bond motifs is 2. The smallest absolute Gasteiger partial charge is 0.224 e. The molecule has 0 atom stereocenters. The first kappa shape index (κ1) is 14.4. The number of hydrogen-bond donors (Lipinski definition) is 3. The Morgan fingerprint density at radius 1 is 1.36 bits per heavy atom. The molecule has 8 heteroatoms. The van der Waals surface area contributed by atoms with Crippen molar-refractivity contribution in [3.05, 3.63) is 37.1 Å². The number of nitrogens with zero attached hydrogens (tertiary/aromatic N) is 5. The van der Waals surface area contributed by atoms with E-state index in [0.717, 1.165) is 27.8 Å². The molecule has 0 spiro atoms. The zero-order chi connectivity index (χ0) is 17.0. The van der Waals surface area contributed by atoms with Crippen LogP contribution in [-0.4, -0.2) is 46.3 Å². The third kappa shape index (κ3) is 2.42. The van der Waals surface area contributed by atoms with Crippen molar-refractivity contribution in [1.82, 2.24) is 29.5 Å². The van der Waals surface area contributed by atoms with Crippen LogP contribution in [0.15, 0.2) is 37.1 Å². The van der Waals surface area contributed by atoms with E-state index in [1.807, 2.05) is 42.0 Å². The lowest BCUT2D eigenvalue weighted by molar-refractivity contribution is -0.0235. The van der Waals surface area contributed by atoms with E-state index in [1.165, 1.54) is 0 Å². The van der Waals surface area contributed by atoms with Gasteiger partial charge < -0.3 is 15.4 Å². The fourth-order valence-electron chi connectivity index (χ4n) is 3.49. The first-order valence-electron chi connectivity index (χ1n) is 8.20. The third-order valence-electron chi connectivity index (χ3n) is 4.74. The van der Waals surface area contributed by atoms with Crippen LogP contribution < -0.4 is 5.32 Å². The van der Waals surface area contributed by atoms with Crippen molar-refractivity contribution in [1.29, 1.82) is 0 Å². The van der Waals surface area contributed by atoms with Gasteiger partial charge in [0.2, 0.25) is 5.95 Å². The highest BCUT2D eigenvalue weighted by atomic mass is 16.3. The number of anilines is 1. The molecule has 0 unspecified atom stereocenters. The van der Waals surface area contributed by atoms with Gasteiger partial charge in [0.15, 0.2) is 5.65 Å². The second-order valence-electron chi connectivity index (χ2n) is 6.92. The summed E-state index contributed by atoms with van der Waals surface area (Å²) in [4.78, 5) is 12.2.